The van der Waals surface area contributed by atoms with E-state index >= 15 is 0 Å². The predicted octanol–water partition coefficient (Wildman–Crippen LogP) is 7.69. The Morgan fingerprint density at radius 2 is 1.38 bits per heavy atom. The molecule has 2 aromatic rings. The van der Waals surface area contributed by atoms with Gasteiger partial charge in [0.05, 0.1) is 0 Å². The quantitative estimate of drug-likeness (QED) is 0.273. The fourth-order valence-corrected chi connectivity index (χ4v) is 7.98. The van der Waals surface area contributed by atoms with Gasteiger partial charge in [-0.15, -0.1) is 0 Å². The highest BCUT2D eigenvalue weighted by Gasteiger charge is 2.61. The molecule has 6 nitrogen and oxygen atoms in total. The normalized spacial score (nSPS) is 33.8. The minimum absolute atomic E-state index is 0.165. The van der Waals surface area contributed by atoms with Gasteiger partial charge in [-0.1, -0.05) is 108 Å². The van der Waals surface area contributed by atoms with Gasteiger partial charge >= 0.3 is 0 Å². The summed E-state index contributed by atoms with van der Waals surface area (Å²) in [6.07, 6.45) is 9.70. The highest BCUT2D eigenvalue weighted by Crippen LogP contribution is 2.59. The molecule has 0 spiro atoms. The number of piperidine rings is 1. The molecule has 5 atom stereocenters. The Labute approximate surface area is 250 Å². The highest BCUT2D eigenvalue weighted by molar-refractivity contribution is 6.04. The van der Waals surface area contributed by atoms with E-state index < -0.39 is 16.2 Å². The third-order valence-corrected chi connectivity index (χ3v) is 9.82. The van der Waals surface area contributed by atoms with Crippen molar-refractivity contribution in [1.82, 2.24) is 5.32 Å². The first-order valence-corrected chi connectivity index (χ1v) is 15.8. The van der Waals surface area contributed by atoms with Gasteiger partial charge in [0.25, 0.3) is 0 Å². The van der Waals surface area contributed by atoms with E-state index in [0.29, 0.717) is 36.9 Å². The summed E-state index contributed by atoms with van der Waals surface area (Å²) < 4.78 is 6.59. The van der Waals surface area contributed by atoms with E-state index in [0.717, 1.165) is 30.4 Å². The summed E-state index contributed by atoms with van der Waals surface area (Å²) in [5.74, 6) is 1.27. The number of rotatable bonds is 7. The predicted molar refractivity (Wildman–Crippen MR) is 165 cm³/mol. The maximum Gasteiger partial charge on any atom is 0.232 e. The molecule has 2 aromatic carbocycles. The topological polar surface area (TPSA) is 84.8 Å². The van der Waals surface area contributed by atoms with Crippen molar-refractivity contribution in [2.24, 2.45) is 27.2 Å². The number of ether oxygens (including phenoxy) is 1. The van der Waals surface area contributed by atoms with Crippen molar-refractivity contribution in [3.8, 4) is 0 Å². The molecule has 2 saturated carbocycles. The van der Waals surface area contributed by atoms with Gasteiger partial charge in [0, 0.05) is 28.6 Å². The van der Waals surface area contributed by atoms with Crippen LogP contribution in [-0.2, 0) is 19.1 Å². The fraction of sp³-hybridized carbons (Fsp3) is 0.556. The van der Waals surface area contributed by atoms with Gasteiger partial charge in [0.2, 0.25) is 11.8 Å². The molecule has 2 aliphatic heterocycles. The molecular formula is C36H46N2O4. The molecule has 2 heterocycles. The van der Waals surface area contributed by atoms with E-state index in [4.69, 9.17) is 9.73 Å². The first-order chi connectivity index (χ1) is 20.1. The number of imide groups is 1. The number of benzene rings is 2. The first kappa shape index (κ1) is 30.2. The molecule has 224 valence electrons. The SMILES string of the molecule is CC12CC(C)(CC(C)(C3=N[C@@H](c4ccccc4)[C@H](c4ccccc4)O3)C1)C(=O)NC2=O.CCCCC[C@@H]1CCCC1=O. The smallest absolute Gasteiger partial charge is 0.232 e. The van der Waals surface area contributed by atoms with Crippen LogP contribution in [0.1, 0.15) is 115 Å². The van der Waals surface area contributed by atoms with Crippen molar-refractivity contribution in [2.75, 3.05) is 0 Å². The number of aliphatic imine (C=N–C) groups is 1. The van der Waals surface area contributed by atoms with E-state index in [2.05, 4.69) is 43.4 Å². The molecule has 1 saturated heterocycles. The van der Waals surface area contributed by atoms with E-state index in [9.17, 15) is 14.4 Å². The second-order valence-electron chi connectivity index (χ2n) is 13.8. The van der Waals surface area contributed by atoms with Crippen molar-refractivity contribution in [1.29, 1.82) is 0 Å². The van der Waals surface area contributed by atoms with Crippen LogP contribution in [-0.4, -0.2) is 23.5 Å². The molecule has 3 fully saturated rings. The summed E-state index contributed by atoms with van der Waals surface area (Å²) in [5, 5.41) is 2.60. The Morgan fingerprint density at radius 1 is 0.810 bits per heavy atom. The van der Waals surface area contributed by atoms with Gasteiger partial charge in [-0.3, -0.25) is 19.7 Å². The summed E-state index contributed by atoms with van der Waals surface area (Å²) in [7, 11) is 0. The minimum atomic E-state index is -0.616. The second-order valence-corrected chi connectivity index (χ2v) is 13.8. The molecular weight excluding hydrogens is 524 g/mol. The second kappa shape index (κ2) is 12.1. The molecule has 42 heavy (non-hydrogen) atoms. The summed E-state index contributed by atoms with van der Waals surface area (Å²) in [6, 6.07) is 20.2. The maximum atomic E-state index is 12.7. The Balaban J connectivity index is 0.000000271. The van der Waals surface area contributed by atoms with Crippen molar-refractivity contribution < 1.29 is 19.1 Å². The van der Waals surface area contributed by atoms with Crippen molar-refractivity contribution in [2.45, 2.75) is 104 Å². The zero-order chi connectivity index (χ0) is 30.0. The average molecular weight is 571 g/mol. The first-order valence-electron chi connectivity index (χ1n) is 15.8. The van der Waals surface area contributed by atoms with Gasteiger partial charge in [0.1, 0.15) is 11.8 Å². The van der Waals surface area contributed by atoms with Crippen LogP contribution < -0.4 is 5.32 Å². The number of nitrogens with zero attached hydrogens (tertiary/aromatic N) is 1. The lowest BCUT2D eigenvalue weighted by Crippen LogP contribution is -2.62. The lowest BCUT2D eigenvalue weighted by molar-refractivity contribution is -0.158. The largest absolute Gasteiger partial charge is 0.470 e. The van der Waals surface area contributed by atoms with E-state index in [-0.39, 0.29) is 24.0 Å². The van der Waals surface area contributed by atoms with Gasteiger partial charge in [-0.2, -0.15) is 0 Å². The number of hydrogen-bond acceptors (Lipinski definition) is 5. The van der Waals surface area contributed by atoms with Crippen molar-refractivity contribution in [3.63, 3.8) is 0 Å². The standard InChI is InChI=1S/C26H28N2O3.C10H18O/c1-24-14-25(2,22(30)28-21(24)29)16-26(3,15-24)23-27-19(17-10-6-4-7-11-17)20(31-23)18-12-8-5-9-13-18;1-2-3-4-6-9-7-5-8-10(9)11/h4-13,19-20H,14-16H2,1-3H3,(H,28,29,30);9H,2-8H2,1H3/t19-,20-,24?,25?,26?;9-/m01/s1. The van der Waals surface area contributed by atoms with Crippen LogP contribution in [0.25, 0.3) is 0 Å². The number of amides is 2. The maximum absolute atomic E-state index is 12.7. The zero-order valence-corrected chi connectivity index (χ0v) is 25.7. The van der Waals surface area contributed by atoms with Crippen LogP contribution in [0.15, 0.2) is 65.7 Å². The van der Waals surface area contributed by atoms with E-state index in [1.165, 1.54) is 25.7 Å². The molecule has 2 amide bonds. The third kappa shape index (κ3) is 6.09. The van der Waals surface area contributed by atoms with Gasteiger partial charge in [-0.05, 0) is 49.7 Å². The molecule has 0 aromatic heterocycles. The number of hydrogen-bond donors (Lipinski definition) is 1. The number of carbonyl (C=O) groups is 3. The lowest BCUT2D eigenvalue weighted by Gasteiger charge is -2.53. The van der Waals surface area contributed by atoms with Gasteiger partial charge in [-0.25, -0.2) is 4.99 Å². The monoisotopic (exact) mass is 570 g/mol. The van der Waals surface area contributed by atoms with E-state index in [1.807, 2.05) is 50.2 Å². The van der Waals surface area contributed by atoms with Crippen LogP contribution in [0.3, 0.4) is 0 Å². The van der Waals surface area contributed by atoms with Crippen LogP contribution in [0, 0.1) is 22.2 Å². The van der Waals surface area contributed by atoms with E-state index in [1.54, 1.807) is 0 Å². The zero-order valence-electron chi connectivity index (χ0n) is 25.7. The van der Waals surface area contributed by atoms with Gasteiger partial charge < -0.3 is 4.74 Å². The molecule has 2 aliphatic carbocycles. The highest BCUT2D eigenvalue weighted by atomic mass is 16.5. The van der Waals surface area contributed by atoms with Crippen LogP contribution in [0.5, 0.6) is 0 Å². The van der Waals surface area contributed by atoms with Crippen LogP contribution in [0.2, 0.25) is 0 Å². The number of Topliss-reactive ketones (excluding diaryl/α,β-unsaturated/α-hetero) is 1. The molecule has 6 heteroatoms. The minimum Gasteiger partial charge on any atom is -0.470 e. The third-order valence-electron chi connectivity index (χ3n) is 9.82. The average Bonchev–Trinajstić information content (AvgIpc) is 3.60. The number of fused-ring (bicyclic) bond motifs is 2. The summed E-state index contributed by atoms with van der Waals surface area (Å²) in [4.78, 5) is 41.8. The summed E-state index contributed by atoms with van der Waals surface area (Å²) >= 11 is 0. The van der Waals surface area contributed by atoms with Crippen LogP contribution in [0.4, 0.5) is 0 Å². The molecule has 4 aliphatic rings. The van der Waals surface area contributed by atoms with Crippen LogP contribution >= 0.6 is 0 Å². The van der Waals surface area contributed by atoms with Gasteiger partial charge in [0.15, 0.2) is 12.0 Å². The van der Waals surface area contributed by atoms with Crippen molar-refractivity contribution in [3.05, 3.63) is 71.8 Å². The summed E-state index contributed by atoms with van der Waals surface area (Å²) in [5.41, 5.74) is 0.438. The lowest BCUT2D eigenvalue weighted by atomic mass is 9.52. The Hall–Kier alpha value is -3.28. The van der Waals surface area contributed by atoms with Crippen molar-refractivity contribution >= 4 is 23.5 Å². The molecule has 6 rings (SSSR count). The Morgan fingerprint density at radius 3 is 1.93 bits per heavy atom. The molecule has 1 N–H and O–H groups in total. The molecule has 0 radical (unpaired) electrons. The number of unbranched alkanes of at least 4 members (excludes halogenated alkanes) is 2. The summed E-state index contributed by atoms with van der Waals surface area (Å²) in [6.45, 7) is 8.23. The molecule has 2 unspecified atom stereocenters. The number of nitrogens with one attached hydrogen (secondary N) is 1. The number of ketones is 1. The molecule has 2 bridgehead atoms. The fourth-order valence-electron chi connectivity index (χ4n) is 7.98. The number of carbonyl (C=O) groups excluding carboxylic acids is 3. The Kier molecular flexibility index (Phi) is 8.73. The Bertz CT molecular complexity index is 1290.